The summed E-state index contributed by atoms with van der Waals surface area (Å²) in [6, 6.07) is 13.5. The van der Waals surface area contributed by atoms with E-state index in [9.17, 15) is 19.7 Å². The third-order valence-corrected chi connectivity index (χ3v) is 4.32. The minimum atomic E-state index is -0.469. The third kappa shape index (κ3) is 4.24. The second-order valence-corrected chi connectivity index (χ2v) is 6.19. The summed E-state index contributed by atoms with van der Waals surface area (Å²) < 4.78 is 0. The molecule has 3 rings (SSSR count). The van der Waals surface area contributed by atoms with Crippen molar-refractivity contribution in [1.82, 2.24) is 5.32 Å². The van der Waals surface area contributed by atoms with Crippen molar-refractivity contribution in [3.8, 4) is 0 Å². The van der Waals surface area contributed by atoms with Crippen LogP contribution in [0.15, 0.2) is 48.5 Å². The Labute approximate surface area is 150 Å². The maximum atomic E-state index is 12.0. The van der Waals surface area contributed by atoms with Crippen LogP contribution in [0, 0.1) is 10.1 Å². The van der Waals surface area contributed by atoms with Crippen LogP contribution in [0.5, 0.6) is 0 Å². The molecule has 0 atom stereocenters. The number of benzene rings is 2. The molecular weight excluding hydrogens is 334 g/mol. The highest BCUT2D eigenvalue weighted by molar-refractivity contribution is 5.95. The molecule has 7 nitrogen and oxygen atoms in total. The summed E-state index contributed by atoms with van der Waals surface area (Å²) >= 11 is 0. The standard InChI is InChI=1S/C19H19N3O4/c23-18(12-14-3-9-17(10-4-14)22(25)26)20-13-15-5-7-16(8-6-15)21-11-1-2-19(21)24/h3-10H,1-2,11-13H2,(H,20,23). The molecule has 1 saturated heterocycles. The van der Waals surface area contributed by atoms with Gasteiger partial charge in [-0.15, -0.1) is 0 Å². The maximum Gasteiger partial charge on any atom is 0.269 e. The molecule has 2 aromatic carbocycles. The summed E-state index contributed by atoms with van der Waals surface area (Å²) in [4.78, 5) is 35.7. The van der Waals surface area contributed by atoms with Crippen molar-refractivity contribution in [3.05, 3.63) is 69.8 Å². The zero-order chi connectivity index (χ0) is 18.5. The number of hydrogen-bond acceptors (Lipinski definition) is 4. The summed E-state index contributed by atoms with van der Waals surface area (Å²) in [6.45, 7) is 1.14. The van der Waals surface area contributed by atoms with Crippen molar-refractivity contribution in [2.45, 2.75) is 25.8 Å². The summed E-state index contributed by atoms with van der Waals surface area (Å²) in [5.74, 6) is -0.00759. The zero-order valence-corrected chi connectivity index (χ0v) is 14.2. The van der Waals surface area contributed by atoms with Gasteiger partial charge in [-0.25, -0.2) is 0 Å². The number of nitro groups is 1. The fourth-order valence-electron chi connectivity index (χ4n) is 2.90. The topological polar surface area (TPSA) is 92.5 Å². The van der Waals surface area contributed by atoms with Crippen LogP contribution in [0.1, 0.15) is 24.0 Å². The number of carbonyl (C=O) groups excluding carboxylic acids is 2. The van der Waals surface area contributed by atoms with E-state index >= 15 is 0 Å². The van der Waals surface area contributed by atoms with Crippen molar-refractivity contribution in [2.75, 3.05) is 11.4 Å². The largest absolute Gasteiger partial charge is 0.352 e. The van der Waals surface area contributed by atoms with Crippen molar-refractivity contribution in [2.24, 2.45) is 0 Å². The van der Waals surface area contributed by atoms with Crippen LogP contribution >= 0.6 is 0 Å². The van der Waals surface area contributed by atoms with Gasteiger partial charge in [0, 0.05) is 37.3 Å². The molecule has 1 heterocycles. The summed E-state index contributed by atoms with van der Waals surface area (Å²) in [5.41, 5.74) is 2.55. The van der Waals surface area contributed by atoms with Crippen molar-refractivity contribution >= 4 is 23.2 Å². The highest BCUT2D eigenvalue weighted by atomic mass is 16.6. The van der Waals surface area contributed by atoms with Gasteiger partial charge in [0.2, 0.25) is 11.8 Å². The number of rotatable bonds is 6. The molecule has 1 fully saturated rings. The molecule has 7 heteroatoms. The molecule has 26 heavy (non-hydrogen) atoms. The molecule has 1 aliphatic heterocycles. The second kappa shape index (κ2) is 7.77. The SMILES string of the molecule is O=C(Cc1ccc([N+](=O)[O-])cc1)NCc1ccc(N2CCCC2=O)cc1. The number of carbonyl (C=O) groups is 2. The second-order valence-electron chi connectivity index (χ2n) is 6.19. The first-order chi connectivity index (χ1) is 12.5. The van der Waals surface area contributed by atoms with E-state index in [4.69, 9.17) is 0 Å². The number of amides is 2. The average Bonchev–Trinajstić information content (AvgIpc) is 3.07. The van der Waals surface area contributed by atoms with E-state index in [-0.39, 0.29) is 23.9 Å². The van der Waals surface area contributed by atoms with E-state index in [0.29, 0.717) is 13.0 Å². The van der Waals surface area contributed by atoms with Crippen molar-refractivity contribution in [1.29, 1.82) is 0 Å². The Balaban J connectivity index is 1.51. The first kappa shape index (κ1) is 17.6. The molecule has 0 aliphatic carbocycles. The maximum absolute atomic E-state index is 12.0. The summed E-state index contributed by atoms with van der Waals surface area (Å²) in [6.07, 6.45) is 1.65. The van der Waals surface area contributed by atoms with E-state index in [1.54, 1.807) is 17.0 Å². The van der Waals surface area contributed by atoms with Crippen LogP contribution < -0.4 is 10.2 Å². The lowest BCUT2D eigenvalue weighted by Crippen LogP contribution is -2.25. The predicted octanol–water partition coefficient (Wildman–Crippen LogP) is 2.58. The quantitative estimate of drug-likeness (QED) is 0.638. The zero-order valence-electron chi connectivity index (χ0n) is 14.2. The van der Waals surface area contributed by atoms with Crippen LogP contribution in [0.3, 0.4) is 0 Å². The number of nitro benzene ring substituents is 1. The van der Waals surface area contributed by atoms with Gasteiger partial charge in [-0.1, -0.05) is 24.3 Å². The Kier molecular flexibility index (Phi) is 5.26. The van der Waals surface area contributed by atoms with Crippen LogP contribution in [0.4, 0.5) is 11.4 Å². The Hall–Kier alpha value is -3.22. The fraction of sp³-hybridized carbons (Fsp3) is 0.263. The van der Waals surface area contributed by atoms with Gasteiger partial charge in [0.15, 0.2) is 0 Å². The van der Waals surface area contributed by atoms with E-state index in [1.165, 1.54) is 12.1 Å². The Morgan fingerprint density at radius 3 is 2.31 bits per heavy atom. The summed E-state index contributed by atoms with van der Waals surface area (Å²) in [7, 11) is 0. The molecule has 2 amide bonds. The van der Waals surface area contributed by atoms with E-state index in [2.05, 4.69) is 5.32 Å². The molecule has 0 saturated carbocycles. The first-order valence-electron chi connectivity index (χ1n) is 8.42. The highest BCUT2D eigenvalue weighted by Crippen LogP contribution is 2.21. The first-order valence-corrected chi connectivity index (χ1v) is 8.42. The minimum absolute atomic E-state index is 0.00531. The third-order valence-electron chi connectivity index (χ3n) is 4.32. The van der Waals surface area contributed by atoms with Crippen molar-refractivity contribution < 1.29 is 14.5 Å². The van der Waals surface area contributed by atoms with Crippen molar-refractivity contribution in [3.63, 3.8) is 0 Å². The van der Waals surface area contributed by atoms with Crippen LogP contribution in [-0.2, 0) is 22.6 Å². The fourth-order valence-corrected chi connectivity index (χ4v) is 2.90. The smallest absolute Gasteiger partial charge is 0.269 e. The van der Waals surface area contributed by atoms with Gasteiger partial charge in [-0.3, -0.25) is 19.7 Å². The average molecular weight is 353 g/mol. The van der Waals surface area contributed by atoms with Gasteiger partial charge in [0.1, 0.15) is 0 Å². The van der Waals surface area contributed by atoms with Crippen LogP contribution in [-0.4, -0.2) is 23.3 Å². The Morgan fingerprint density at radius 1 is 1.08 bits per heavy atom. The van der Waals surface area contributed by atoms with Crippen LogP contribution in [0.25, 0.3) is 0 Å². The molecule has 0 spiro atoms. The highest BCUT2D eigenvalue weighted by Gasteiger charge is 2.21. The minimum Gasteiger partial charge on any atom is -0.352 e. The Morgan fingerprint density at radius 2 is 1.73 bits per heavy atom. The van der Waals surface area contributed by atoms with E-state index < -0.39 is 4.92 Å². The molecule has 2 aromatic rings. The molecule has 0 bridgehead atoms. The van der Waals surface area contributed by atoms with Gasteiger partial charge < -0.3 is 10.2 Å². The molecule has 0 unspecified atom stereocenters. The van der Waals surface area contributed by atoms with Gasteiger partial charge >= 0.3 is 0 Å². The van der Waals surface area contributed by atoms with E-state index in [0.717, 1.165) is 29.8 Å². The predicted molar refractivity (Wildman–Crippen MR) is 96.7 cm³/mol. The number of nitrogens with zero attached hydrogens (tertiary/aromatic N) is 2. The molecule has 134 valence electrons. The van der Waals surface area contributed by atoms with Gasteiger partial charge in [0.25, 0.3) is 5.69 Å². The lowest BCUT2D eigenvalue weighted by molar-refractivity contribution is -0.384. The molecular formula is C19H19N3O4. The normalized spacial score (nSPS) is 13.7. The number of anilines is 1. The number of hydrogen-bond donors (Lipinski definition) is 1. The molecule has 0 aromatic heterocycles. The number of nitrogens with one attached hydrogen (secondary N) is 1. The lowest BCUT2D eigenvalue weighted by atomic mass is 10.1. The molecule has 1 N–H and O–H groups in total. The van der Waals surface area contributed by atoms with Gasteiger partial charge in [-0.2, -0.15) is 0 Å². The molecule has 0 radical (unpaired) electrons. The molecule has 1 aliphatic rings. The van der Waals surface area contributed by atoms with Crippen LogP contribution in [0.2, 0.25) is 0 Å². The van der Waals surface area contributed by atoms with Gasteiger partial charge in [0.05, 0.1) is 11.3 Å². The summed E-state index contributed by atoms with van der Waals surface area (Å²) in [5, 5.41) is 13.5. The Bertz CT molecular complexity index is 816. The lowest BCUT2D eigenvalue weighted by Gasteiger charge is -2.16. The monoisotopic (exact) mass is 353 g/mol. The number of non-ortho nitro benzene ring substituents is 1. The van der Waals surface area contributed by atoms with E-state index in [1.807, 2.05) is 24.3 Å². The van der Waals surface area contributed by atoms with Gasteiger partial charge in [-0.05, 0) is 29.7 Å².